The Balaban J connectivity index is 1.08. The minimum atomic E-state index is -0.488. The van der Waals surface area contributed by atoms with E-state index in [1.165, 1.54) is 6.07 Å². The summed E-state index contributed by atoms with van der Waals surface area (Å²) in [5, 5.41) is 0.853. The van der Waals surface area contributed by atoms with E-state index in [9.17, 15) is 9.59 Å². The first-order chi connectivity index (χ1) is 17.5. The maximum absolute atomic E-state index is 12.8. The Labute approximate surface area is 213 Å². The first kappa shape index (κ1) is 24.4. The van der Waals surface area contributed by atoms with Crippen molar-refractivity contribution in [1.82, 2.24) is 14.9 Å². The van der Waals surface area contributed by atoms with Gasteiger partial charge >= 0.3 is 5.97 Å². The highest BCUT2D eigenvalue weighted by molar-refractivity contribution is 6.34. The number of likely N-dealkylation sites (tertiary alicyclic amines) is 1. The first-order valence-corrected chi connectivity index (χ1v) is 12.6. The molecular formula is C26H29ClN4O5. The lowest BCUT2D eigenvalue weighted by molar-refractivity contribution is 0.0364. The average Bonchev–Trinajstić information content (AvgIpc) is 2.90. The largest absolute Gasteiger partial charge is 0.485 e. The zero-order valence-corrected chi connectivity index (χ0v) is 20.7. The van der Waals surface area contributed by atoms with Gasteiger partial charge in [-0.25, -0.2) is 9.78 Å². The highest BCUT2D eigenvalue weighted by Crippen LogP contribution is 2.43. The van der Waals surface area contributed by atoms with Crippen LogP contribution in [0.2, 0.25) is 5.02 Å². The number of H-pyrrole nitrogens is 1. The van der Waals surface area contributed by atoms with E-state index < -0.39 is 5.97 Å². The molecule has 2 aromatic carbocycles. The molecule has 0 unspecified atom stereocenters. The van der Waals surface area contributed by atoms with Crippen molar-refractivity contribution in [2.75, 3.05) is 45.2 Å². The molecule has 0 saturated carbocycles. The van der Waals surface area contributed by atoms with E-state index in [1.807, 2.05) is 18.2 Å². The van der Waals surface area contributed by atoms with Gasteiger partial charge in [0, 0.05) is 6.42 Å². The van der Waals surface area contributed by atoms with Crippen molar-refractivity contribution in [2.45, 2.75) is 25.7 Å². The minimum absolute atomic E-state index is 0.0909. The van der Waals surface area contributed by atoms with Crippen molar-refractivity contribution in [2.24, 2.45) is 5.92 Å². The van der Waals surface area contributed by atoms with E-state index in [4.69, 9.17) is 31.5 Å². The quantitative estimate of drug-likeness (QED) is 0.365. The molecule has 0 aliphatic carbocycles. The summed E-state index contributed by atoms with van der Waals surface area (Å²) in [5.74, 6) is 1.13. The molecule has 0 amide bonds. The molecule has 10 heteroatoms. The van der Waals surface area contributed by atoms with Gasteiger partial charge in [0.25, 0.3) is 5.56 Å². The molecule has 1 saturated heterocycles. The topological polar surface area (TPSA) is 120 Å². The normalized spacial score (nSPS) is 16.2. The van der Waals surface area contributed by atoms with Crippen molar-refractivity contribution in [3.63, 3.8) is 0 Å². The van der Waals surface area contributed by atoms with Crippen LogP contribution in [0.1, 0.15) is 35.4 Å². The molecule has 9 nitrogen and oxygen atoms in total. The van der Waals surface area contributed by atoms with Crippen molar-refractivity contribution in [1.29, 1.82) is 0 Å². The van der Waals surface area contributed by atoms with Gasteiger partial charge in [-0.05, 0) is 63.0 Å². The third kappa shape index (κ3) is 5.27. The zero-order valence-electron chi connectivity index (χ0n) is 19.9. The number of carbonyl (C=O) groups excluding carboxylic acids is 1. The summed E-state index contributed by atoms with van der Waals surface area (Å²) in [7, 11) is 0. The maximum Gasteiger partial charge on any atom is 0.342 e. The van der Waals surface area contributed by atoms with Crippen LogP contribution in [0.3, 0.4) is 0 Å². The lowest BCUT2D eigenvalue weighted by atomic mass is 9.97. The Bertz CT molecular complexity index is 1320. The number of nitrogens with zero attached hydrogens (tertiary/aromatic N) is 2. The molecule has 1 fully saturated rings. The smallest absolute Gasteiger partial charge is 0.342 e. The molecule has 0 spiro atoms. The van der Waals surface area contributed by atoms with Gasteiger partial charge in [0.15, 0.2) is 11.5 Å². The maximum atomic E-state index is 12.8. The minimum Gasteiger partial charge on any atom is -0.485 e. The van der Waals surface area contributed by atoms with Crippen LogP contribution >= 0.6 is 11.6 Å². The lowest BCUT2D eigenvalue weighted by Gasteiger charge is -2.31. The van der Waals surface area contributed by atoms with E-state index >= 15 is 0 Å². The van der Waals surface area contributed by atoms with Gasteiger partial charge in [-0.1, -0.05) is 23.7 Å². The number of para-hydroxylation sites is 1. The van der Waals surface area contributed by atoms with Gasteiger partial charge in [-0.15, -0.1) is 0 Å². The number of aromatic amines is 1. The Morgan fingerprint density at radius 1 is 1.19 bits per heavy atom. The van der Waals surface area contributed by atoms with E-state index in [0.717, 1.165) is 56.7 Å². The zero-order chi connectivity index (χ0) is 25.1. The molecule has 0 radical (unpaired) electrons. The number of anilines is 1. The second-order valence-electron chi connectivity index (χ2n) is 9.19. The second-order valence-corrected chi connectivity index (χ2v) is 9.60. The van der Waals surface area contributed by atoms with Crippen LogP contribution in [-0.4, -0.2) is 60.3 Å². The van der Waals surface area contributed by atoms with Crippen molar-refractivity contribution >= 4 is 34.2 Å². The number of carbonyl (C=O) groups is 1. The fourth-order valence-electron chi connectivity index (χ4n) is 4.72. The first-order valence-electron chi connectivity index (χ1n) is 12.2. The van der Waals surface area contributed by atoms with Crippen molar-refractivity contribution in [3.8, 4) is 11.5 Å². The van der Waals surface area contributed by atoms with E-state index in [1.54, 1.807) is 6.07 Å². The van der Waals surface area contributed by atoms with Crippen LogP contribution < -0.4 is 20.8 Å². The summed E-state index contributed by atoms with van der Waals surface area (Å²) < 4.78 is 16.8. The van der Waals surface area contributed by atoms with Gasteiger partial charge in [-0.2, -0.15) is 0 Å². The molecule has 1 aromatic heterocycles. The molecule has 3 aromatic rings. The van der Waals surface area contributed by atoms with E-state index in [0.29, 0.717) is 42.6 Å². The van der Waals surface area contributed by atoms with Crippen LogP contribution in [0.15, 0.2) is 35.1 Å². The number of hydrogen-bond donors (Lipinski definition) is 2. The lowest BCUT2D eigenvalue weighted by Crippen LogP contribution is -2.36. The SMILES string of the molecule is Nc1c(Cl)cc(C(=O)OCC2CCN(CCCc3nc4ccccc4c(=O)[nH]3)CC2)c2c1OCCO2. The van der Waals surface area contributed by atoms with Gasteiger partial charge < -0.3 is 29.8 Å². The number of hydrogen-bond acceptors (Lipinski definition) is 8. The average molecular weight is 513 g/mol. The van der Waals surface area contributed by atoms with E-state index in [-0.39, 0.29) is 21.8 Å². The van der Waals surface area contributed by atoms with Crippen LogP contribution in [0, 0.1) is 5.92 Å². The number of benzene rings is 2. The van der Waals surface area contributed by atoms with Gasteiger partial charge in [0.05, 0.1) is 28.2 Å². The number of nitrogen functional groups attached to an aromatic ring is 1. The second kappa shape index (κ2) is 10.8. The Morgan fingerprint density at radius 2 is 1.94 bits per heavy atom. The van der Waals surface area contributed by atoms with Gasteiger partial charge in [-0.3, -0.25) is 4.79 Å². The standard InChI is InChI=1S/C26H29ClN4O5/c27-19-14-18(23-24(22(19)28)35-13-12-34-23)26(33)36-15-16-7-10-31(11-8-16)9-3-6-21-29-20-5-2-1-4-17(20)25(32)30-21/h1-2,4-5,14,16H,3,6-13,15,28H2,(H,29,30,32). The predicted octanol–water partition coefficient (Wildman–Crippen LogP) is 3.43. The fraction of sp³-hybridized carbons (Fsp3) is 0.423. The number of rotatable bonds is 7. The number of fused-ring (bicyclic) bond motifs is 2. The van der Waals surface area contributed by atoms with Crippen LogP contribution in [0.25, 0.3) is 10.9 Å². The number of aryl methyl sites for hydroxylation is 1. The fourth-order valence-corrected chi connectivity index (χ4v) is 4.92. The molecule has 3 N–H and O–H groups in total. The monoisotopic (exact) mass is 512 g/mol. The molecule has 36 heavy (non-hydrogen) atoms. The molecule has 2 aliphatic rings. The molecule has 0 atom stereocenters. The van der Waals surface area contributed by atoms with E-state index in [2.05, 4.69) is 14.9 Å². The molecule has 0 bridgehead atoms. The summed E-state index contributed by atoms with van der Waals surface area (Å²) in [5.41, 5.74) is 7.10. The number of piperidine rings is 1. The van der Waals surface area contributed by atoms with Crippen LogP contribution in [0.5, 0.6) is 11.5 Å². The highest BCUT2D eigenvalue weighted by atomic mass is 35.5. The van der Waals surface area contributed by atoms with Crippen LogP contribution in [0.4, 0.5) is 5.69 Å². The summed E-state index contributed by atoms with van der Waals surface area (Å²) in [4.78, 5) is 34.9. The number of nitrogens with two attached hydrogens (primary N) is 1. The highest BCUT2D eigenvalue weighted by Gasteiger charge is 2.27. The number of nitrogens with one attached hydrogen (secondary N) is 1. The molecule has 2 aliphatic heterocycles. The number of halogens is 1. The predicted molar refractivity (Wildman–Crippen MR) is 137 cm³/mol. The Kier molecular flexibility index (Phi) is 7.29. The third-order valence-corrected chi connectivity index (χ3v) is 7.04. The number of aromatic nitrogens is 2. The molecule has 190 valence electrons. The summed E-state index contributed by atoms with van der Waals surface area (Å²) in [6.45, 7) is 3.82. The van der Waals surface area contributed by atoms with Crippen molar-refractivity contribution in [3.05, 3.63) is 57.1 Å². The number of ether oxygens (including phenoxy) is 3. The molecular weight excluding hydrogens is 484 g/mol. The van der Waals surface area contributed by atoms with Crippen molar-refractivity contribution < 1.29 is 19.0 Å². The number of esters is 1. The molecule has 5 rings (SSSR count). The van der Waals surface area contributed by atoms with Gasteiger partial charge in [0.1, 0.15) is 24.6 Å². The Hall–Kier alpha value is -3.30. The molecule has 3 heterocycles. The summed E-state index contributed by atoms with van der Waals surface area (Å²) in [6.07, 6.45) is 3.51. The Morgan fingerprint density at radius 3 is 2.75 bits per heavy atom. The third-order valence-electron chi connectivity index (χ3n) is 6.73. The summed E-state index contributed by atoms with van der Waals surface area (Å²) in [6, 6.07) is 8.86. The van der Waals surface area contributed by atoms with Crippen LogP contribution in [-0.2, 0) is 11.2 Å². The summed E-state index contributed by atoms with van der Waals surface area (Å²) >= 11 is 6.18. The van der Waals surface area contributed by atoms with Gasteiger partial charge in [0.2, 0.25) is 0 Å².